The molecule has 4 nitrogen and oxygen atoms in total. The average Bonchev–Trinajstić information content (AvgIpc) is 2.95. The van der Waals surface area contributed by atoms with Crippen LogP contribution in [0.1, 0.15) is 43.6 Å². The van der Waals surface area contributed by atoms with Crippen LogP contribution in [0.5, 0.6) is 0 Å². The molecule has 1 heterocycles. The lowest BCUT2D eigenvalue weighted by atomic mass is 10.1. The molecule has 5 heteroatoms. The summed E-state index contributed by atoms with van der Waals surface area (Å²) in [6, 6.07) is 0. The second-order valence-electron chi connectivity index (χ2n) is 5.30. The molecule has 17 heavy (non-hydrogen) atoms. The molecule has 0 amide bonds. The average molecular weight is 253 g/mol. The number of nitrogens with one attached hydrogen (secondary N) is 1. The Hall–Kier alpha value is -0.810. The van der Waals surface area contributed by atoms with E-state index in [0.717, 1.165) is 30.8 Å². The minimum Gasteiger partial charge on any atom is -0.393 e. The second kappa shape index (κ2) is 4.46. The molecule has 1 aromatic rings. The highest BCUT2D eigenvalue weighted by Gasteiger charge is 2.31. The minimum absolute atomic E-state index is 0.0868. The molecule has 4 N–H and O–H groups in total. The predicted octanol–water partition coefficient (Wildman–Crippen LogP) is 2.18. The Morgan fingerprint density at radius 2 is 2.18 bits per heavy atom. The van der Waals surface area contributed by atoms with E-state index in [2.05, 4.69) is 9.69 Å². The summed E-state index contributed by atoms with van der Waals surface area (Å²) in [5.74, 6) is 1.96. The molecule has 0 aliphatic heterocycles. The Bertz CT molecular complexity index is 402. The quantitative estimate of drug-likeness (QED) is 0.769. The van der Waals surface area contributed by atoms with Crippen LogP contribution in [-0.4, -0.2) is 22.1 Å². The van der Waals surface area contributed by atoms with Gasteiger partial charge in [-0.2, -0.15) is 4.37 Å². The maximum Gasteiger partial charge on any atom is 0.142 e. The van der Waals surface area contributed by atoms with Gasteiger partial charge in [-0.3, -0.25) is 0 Å². The van der Waals surface area contributed by atoms with Gasteiger partial charge in [0.15, 0.2) is 0 Å². The fourth-order valence-corrected chi connectivity index (χ4v) is 3.48. The standard InChI is InChI=1S/C12H19N3OS/c13-11-10(8-2-3-8)12(17-15-11)14-6-7-1-4-9(16)5-7/h7-9,14,16H,1-6H2,(H2,13,15). The fourth-order valence-electron chi connectivity index (χ4n) is 2.67. The summed E-state index contributed by atoms with van der Waals surface area (Å²) >= 11 is 1.48. The van der Waals surface area contributed by atoms with Gasteiger partial charge in [-0.1, -0.05) is 0 Å². The molecule has 0 saturated heterocycles. The molecule has 2 unspecified atom stereocenters. The first-order chi connectivity index (χ1) is 8.24. The predicted molar refractivity (Wildman–Crippen MR) is 70.3 cm³/mol. The van der Waals surface area contributed by atoms with E-state index in [1.807, 2.05) is 0 Å². The Labute approximate surface area is 105 Å². The molecule has 0 bridgehead atoms. The third-order valence-electron chi connectivity index (χ3n) is 3.81. The molecule has 0 aromatic carbocycles. The molecule has 3 rings (SSSR count). The number of hydrogen-bond donors (Lipinski definition) is 3. The van der Waals surface area contributed by atoms with E-state index in [4.69, 9.17) is 5.73 Å². The van der Waals surface area contributed by atoms with Gasteiger partial charge in [0.1, 0.15) is 10.8 Å². The van der Waals surface area contributed by atoms with E-state index >= 15 is 0 Å². The van der Waals surface area contributed by atoms with Crippen molar-refractivity contribution < 1.29 is 5.11 Å². The van der Waals surface area contributed by atoms with E-state index in [-0.39, 0.29) is 6.10 Å². The maximum atomic E-state index is 9.50. The molecular weight excluding hydrogens is 234 g/mol. The highest BCUT2D eigenvalue weighted by Crippen LogP contribution is 2.47. The van der Waals surface area contributed by atoms with Crippen molar-refractivity contribution in [1.29, 1.82) is 0 Å². The Kier molecular flexibility index (Phi) is 2.96. The number of rotatable bonds is 4. The van der Waals surface area contributed by atoms with E-state index in [1.54, 1.807) is 0 Å². The third kappa shape index (κ3) is 2.40. The first kappa shape index (κ1) is 11.3. The number of nitrogens with zero attached hydrogens (tertiary/aromatic N) is 1. The van der Waals surface area contributed by atoms with Gasteiger partial charge < -0.3 is 16.2 Å². The van der Waals surface area contributed by atoms with Crippen LogP contribution in [0, 0.1) is 5.92 Å². The molecule has 0 radical (unpaired) electrons. The van der Waals surface area contributed by atoms with E-state index in [1.165, 1.54) is 29.9 Å². The van der Waals surface area contributed by atoms with Gasteiger partial charge in [-0.25, -0.2) is 0 Å². The molecule has 2 aliphatic carbocycles. The molecule has 2 saturated carbocycles. The highest BCUT2D eigenvalue weighted by molar-refractivity contribution is 7.10. The van der Waals surface area contributed by atoms with Gasteiger partial charge in [-0.15, -0.1) is 0 Å². The van der Waals surface area contributed by atoms with Crippen molar-refractivity contribution in [3.63, 3.8) is 0 Å². The van der Waals surface area contributed by atoms with Crippen LogP contribution < -0.4 is 11.1 Å². The minimum atomic E-state index is -0.0868. The van der Waals surface area contributed by atoms with Crippen molar-refractivity contribution in [3.05, 3.63) is 5.56 Å². The molecule has 2 aliphatic rings. The van der Waals surface area contributed by atoms with Gasteiger partial charge >= 0.3 is 0 Å². The number of hydrogen-bond acceptors (Lipinski definition) is 5. The highest BCUT2D eigenvalue weighted by atomic mass is 32.1. The number of anilines is 2. The number of aliphatic hydroxyl groups is 1. The maximum absolute atomic E-state index is 9.50. The third-order valence-corrected chi connectivity index (χ3v) is 4.64. The lowest BCUT2D eigenvalue weighted by Crippen LogP contribution is -2.12. The Balaban J connectivity index is 1.61. The van der Waals surface area contributed by atoms with E-state index < -0.39 is 0 Å². The zero-order valence-corrected chi connectivity index (χ0v) is 10.7. The van der Waals surface area contributed by atoms with Gasteiger partial charge in [0.25, 0.3) is 0 Å². The zero-order valence-electron chi connectivity index (χ0n) is 9.85. The van der Waals surface area contributed by atoms with Crippen molar-refractivity contribution in [3.8, 4) is 0 Å². The molecule has 94 valence electrons. The topological polar surface area (TPSA) is 71.2 Å². The summed E-state index contributed by atoms with van der Waals surface area (Å²) in [7, 11) is 0. The summed E-state index contributed by atoms with van der Waals surface area (Å²) in [6.07, 6.45) is 5.42. The van der Waals surface area contributed by atoms with Crippen LogP contribution in [0.4, 0.5) is 10.8 Å². The number of nitrogen functional groups attached to an aromatic ring is 1. The Morgan fingerprint density at radius 3 is 2.82 bits per heavy atom. The molecule has 2 fully saturated rings. The monoisotopic (exact) mass is 253 g/mol. The van der Waals surface area contributed by atoms with Crippen molar-refractivity contribution in [1.82, 2.24) is 4.37 Å². The number of aliphatic hydroxyl groups excluding tert-OH is 1. The van der Waals surface area contributed by atoms with E-state index in [0.29, 0.717) is 17.7 Å². The van der Waals surface area contributed by atoms with Crippen LogP contribution in [-0.2, 0) is 0 Å². The smallest absolute Gasteiger partial charge is 0.142 e. The van der Waals surface area contributed by atoms with Crippen LogP contribution in [0.3, 0.4) is 0 Å². The van der Waals surface area contributed by atoms with Crippen molar-refractivity contribution >= 4 is 22.4 Å². The van der Waals surface area contributed by atoms with Gasteiger partial charge in [0.2, 0.25) is 0 Å². The van der Waals surface area contributed by atoms with Crippen LogP contribution >= 0.6 is 11.5 Å². The number of aromatic nitrogens is 1. The molecular formula is C12H19N3OS. The van der Waals surface area contributed by atoms with E-state index in [9.17, 15) is 5.11 Å². The van der Waals surface area contributed by atoms with Gasteiger partial charge in [0, 0.05) is 12.1 Å². The number of nitrogens with two attached hydrogens (primary N) is 1. The normalized spacial score (nSPS) is 28.5. The first-order valence-electron chi connectivity index (χ1n) is 6.41. The summed E-state index contributed by atoms with van der Waals surface area (Å²) < 4.78 is 4.25. The van der Waals surface area contributed by atoms with Crippen LogP contribution in [0.25, 0.3) is 0 Å². The summed E-state index contributed by atoms with van der Waals surface area (Å²) in [5, 5.41) is 14.1. The first-order valence-corrected chi connectivity index (χ1v) is 7.18. The van der Waals surface area contributed by atoms with Crippen LogP contribution in [0.15, 0.2) is 0 Å². The Morgan fingerprint density at radius 1 is 1.35 bits per heavy atom. The lowest BCUT2D eigenvalue weighted by Gasteiger charge is -2.11. The van der Waals surface area contributed by atoms with Gasteiger partial charge in [-0.05, 0) is 55.5 Å². The summed E-state index contributed by atoms with van der Waals surface area (Å²) in [4.78, 5) is 0. The molecule has 1 aromatic heterocycles. The van der Waals surface area contributed by atoms with Crippen LogP contribution in [0.2, 0.25) is 0 Å². The van der Waals surface area contributed by atoms with Crippen molar-refractivity contribution in [2.45, 2.75) is 44.1 Å². The zero-order chi connectivity index (χ0) is 11.8. The second-order valence-corrected chi connectivity index (χ2v) is 6.07. The SMILES string of the molecule is Nc1nsc(NCC2CCC(O)C2)c1C1CC1. The summed E-state index contributed by atoms with van der Waals surface area (Å²) in [5.41, 5.74) is 7.15. The largest absolute Gasteiger partial charge is 0.393 e. The van der Waals surface area contributed by atoms with Gasteiger partial charge in [0.05, 0.1) is 6.10 Å². The molecule has 0 spiro atoms. The summed E-state index contributed by atoms with van der Waals surface area (Å²) in [6.45, 7) is 0.943. The molecule has 2 atom stereocenters. The van der Waals surface area contributed by atoms with Crippen molar-refractivity contribution in [2.24, 2.45) is 5.92 Å². The van der Waals surface area contributed by atoms with Crippen molar-refractivity contribution in [2.75, 3.05) is 17.6 Å². The lowest BCUT2D eigenvalue weighted by molar-refractivity contribution is 0.178. The fraction of sp³-hybridized carbons (Fsp3) is 0.750.